The molecule has 0 aliphatic carbocycles. The molecule has 1 saturated heterocycles. The van der Waals surface area contributed by atoms with Crippen LogP contribution in [0.15, 0.2) is 60.7 Å². The van der Waals surface area contributed by atoms with Crippen LogP contribution in [0.25, 0.3) is 22.3 Å². The van der Waals surface area contributed by atoms with Crippen molar-refractivity contribution in [3.05, 3.63) is 71.8 Å². The van der Waals surface area contributed by atoms with E-state index in [2.05, 4.69) is 38.8 Å². The third-order valence-electron chi connectivity index (χ3n) is 8.85. The predicted molar refractivity (Wildman–Crippen MR) is 178 cm³/mol. The van der Waals surface area contributed by atoms with Crippen LogP contribution in [0.5, 0.6) is 5.75 Å². The van der Waals surface area contributed by atoms with E-state index in [4.69, 9.17) is 13.9 Å². The fraction of sp³-hybridized carbons (Fsp3) is 0.472. The molecular formula is C36H46F3NO4Si. The van der Waals surface area contributed by atoms with Crippen LogP contribution in [0.2, 0.25) is 18.1 Å². The summed E-state index contributed by atoms with van der Waals surface area (Å²) in [6.45, 7) is 15.6. The van der Waals surface area contributed by atoms with Crippen LogP contribution in [-0.2, 0) is 15.3 Å². The van der Waals surface area contributed by atoms with Gasteiger partial charge in [0, 0.05) is 25.4 Å². The Hall–Kier alpha value is -3.30. The zero-order chi connectivity index (χ0) is 32.8. The zero-order valence-electron chi connectivity index (χ0n) is 27.4. The first-order valence-corrected chi connectivity index (χ1v) is 18.8. The molecule has 0 aromatic heterocycles. The summed E-state index contributed by atoms with van der Waals surface area (Å²) in [4.78, 5) is 15.2. The number of nitrogens with zero attached hydrogens (tertiary/aromatic N) is 1. The van der Waals surface area contributed by atoms with Gasteiger partial charge in [0.15, 0.2) is 8.32 Å². The number of rotatable bonds is 12. The van der Waals surface area contributed by atoms with Crippen LogP contribution in [0.3, 0.4) is 0 Å². The lowest BCUT2D eigenvalue weighted by Gasteiger charge is -2.36. The van der Waals surface area contributed by atoms with Gasteiger partial charge in [-0.2, -0.15) is 13.2 Å². The van der Waals surface area contributed by atoms with Gasteiger partial charge in [0.05, 0.1) is 24.3 Å². The molecule has 5 nitrogen and oxygen atoms in total. The largest absolute Gasteiger partial charge is 0.493 e. The molecule has 4 rings (SSSR count). The summed E-state index contributed by atoms with van der Waals surface area (Å²) in [6, 6.07) is 17.1. The fourth-order valence-electron chi connectivity index (χ4n) is 5.16. The highest BCUT2D eigenvalue weighted by Crippen LogP contribution is 2.40. The minimum atomic E-state index is -4.60. The molecule has 1 fully saturated rings. The fourth-order valence-corrected chi connectivity index (χ4v) is 6.25. The molecule has 45 heavy (non-hydrogen) atoms. The van der Waals surface area contributed by atoms with Gasteiger partial charge < -0.3 is 18.8 Å². The van der Waals surface area contributed by atoms with Crippen molar-refractivity contribution in [2.24, 2.45) is 0 Å². The Kier molecular flexibility index (Phi) is 11.1. The van der Waals surface area contributed by atoms with Crippen molar-refractivity contribution >= 4 is 20.0 Å². The van der Waals surface area contributed by atoms with E-state index in [0.29, 0.717) is 41.7 Å². The third-order valence-corrected chi connectivity index (χ3v) is 13.4. The van der Waals surface area contributed by atoms with Gasteiger partial charge in [-0.1, -0.05) is 45.0 Å². The summed E-state index contributed by atoms with van der Waals surface area (Å²) in [7, 11) is -1.87. The van der Waals surface area contributed by atoms with Crippen molar-refractivity contribution in [1.82, 2.24) is 0 Å². The van der Waals surface area contributed by atoms with Crippen LogP contribution < -0.4 is 9.64 Å². The number of hydrogen-bond acceptors (Lipinski definition) is 5. The molecule has 3 aromatic rings. The quantitative estimate of drug-likeness (QED) is 0.112. The van der Waals surface area contributed by atoms with Crippen molar-refractivity contribution in [2.45, 2.75) is 77.7 Å². The molecule has 9 heteroatoms. The number of esters is 1. The van der Waals surface area contributed by atoms with Gasteiger partial charge in [-0.3, -0.25) is 0 Å². The van der Waals surface area contributed by atoms with E-state index in [1.165, 1.54) is 6.07 Å². The zero-order valence-corrected chi connectivity index (χ0v) is 28.4. The number of ether oxygens (including phenoxy) is 2. The normalized spacial score (nSPS) is 14.1. The summed E-state index contributed by atoms with van der Waals surface area (Å²) < 4.78 is 59.8. The third kappa shape index (κ3) is 8.70. The van der Waals surface area contributed by atoms with Gasteiger partial charge in [0.1, 0.15) is 5.75 Å². The minimum Gasteiger partial charge on any atom is -0.493 e. The van der Waals surface area contributed by atoms with Gasteiger partial charge in [0.25, 0.3) is 0 Å². The Morgan fingerprint density at radius 2 is 1.44 bits per heavy atom. The highest BCUT2D eigenvalue weighted by molar-refractivity contribution is 6.74. The molecule has 1 heterocycles. The standard InChI is InChI=1S/C36H46F3NO4Si/c1-7-42-34(41)30-18-14-27(24-31(30)26-12-16-29(17-13-26)40-20-8-9-21-40)28-15-19-33(32(25-28)36(37,38)39)43-22-10-11-23-44-45(5,6)35(2,3)4/h12-19,24-25H,7-11,20-23H2,1-6H3. The average Bonchev–Trinajstić information content (AvgIpc) is 3.53. The maximum Gasteiger partial charge on any atom is 0.419 e. The maximum absolute atomic E-state index is 14.2. The summed E-state index contributed by atoms with van der Waals surface area (Å²) in [5.41, 5.74) is 2.97. The molecule has 0 atom stereocenters. The molecule has 0 spiro atoms. The van der Waals surface area contributed by atoms with E-state index >= 15 is 0 Å². The first kappa shape index (κ1) is 34.6. The summed E-state index contributed by atoms with van der Waals surface area (Å²) in [6.07, 6.45) is -0.987. The van der Waals surface area contributed by atoms with Crippen LogP contribution in [0.4, 0.5) is 18.9 Å². The lowest BCUT2D eigenvalue weighted by atomic mass is 9.93. The molecule has 0 radical (unpaired) electrons. The van der Waals surface area contributed by atoms with Gasteiger partial charge in [-0.05, 0) is 109 Å². The van der Waals surface area contributed by atoms with Gasteiger partial charge in [0.2, 0.25) is 0 Å². The number of carbonyl (C=O) groups is 1. The van der Waals surface area contributed by atoms with Gasteiger partial charge >= 0.3 is 12.1 Å². The van der Waals surface area contributed by atoms with E-state index in [-0.39, 0.29) is 24.0 Å². The lowest BCUT2D eigenvalue weighted by molar-refractivity contribution is -0.138. The molecule has 0 amide bonds. The monoisotopic (exact) mass is 641 g/mol. The molecule has 0 N–H and O–H groups in total. The number of anilines is 1. The Morgan fingerprint density at radius 1 is 0.844 bits per heavy atom. The average molecular weight is 642 g/mol. The number of carbonyl (C=O) groups excluding carboxylic acids is 1. The summed E-state index contributed by atoms with van der Waals surface area (Å²) >= 11 is 0. The molecule has 244 valence electrons. The predicted octanol–water partition coefficient (Wildman–Crippen LogP) is 10.00. The second-order valence-corrected chi connectivity index (χ2v) is 17.9. The summed E-state index contributed by atoms with van der Waals surface area (Å²) in [5, 5.41) is 0.102. The van der Waals surface area contributed by atoms with Gasteiger partial charge in [-0.25, -0.2) is 4.79 Å². The van der Waals surface area contributed by atoms with Crippen LogP contribution >= 0.6 is 0 Å². The minimum absolute atomic E-state index is 0.102. The topological polar surface area (TPSA) is 48.0 Å². The maximum atomic E-state index is 14.2. The van der Waals surface area contributed by atoms with E-state index in [1.807, 2.05) is 24.3 Å². The Balaban J connectivity index is 1.55. The Labute approximate surface area is 266 Å². The van der Waals surface area contributed by atoms with E-state index in [1.54, 1.807) is 31.2 Å². The van der Waals surface area contributed by atoms with Crippen molar-refractivity contribution in [3.8, 4) is 28.0 Å². The van der Waals surface area contributed by atoms with E-state index in [9.17, 15) is 18.0 Å². The van der Waals surface area contributed by atoms with Crippen molar-refractivity contribution in [1.29, 1.82) is 0 Å². The number of benzene rings is 3. The SMILES string of the molecule is CCOC(=O)c1ccc(-c2ccc(OCCCCO[Si](C)(C)C(C)(C)C)c(C(F)(F)F)c2)cc1-c1ccc(N2CCCC2)cc1. The van der Waals surface area contributed by atoms with E-state index in [0.717, 1.165) is 43.2 Å². The molecule has 1 aliphatic rings. The highest BCUT2D eigenvalue weighted by atomic mass is 28.4. The van der Waals surface area contributed by atoms with Crippen molar-refractivity contribution in [2.75, 3.05) is 37.8 Å². The first-order valence-electron chi connectivity index (χ1n) is 15.9. The number of halogens is 3. The van der Waals surface area contributed by atoms with Gasteiger partial charge in [-0.15, -0.1) is 0 Å². The highest BCUT2D eigenvalue weighted by Gasteiger charge is 2.37. The molecular weight excluding hydrogens is 595 g/mol. The number of alkyl halides is 3. The van der Waals surface area contributed by atoms with Crippen molar-refractivity contribution in [3.63, 3.8) is 0 Å². The molecule has 0 saturated carbocycles. The molecule has 0 unspecified atom stereocenters. The second kappa shape index (κ2) is 14.4. The lowest BCUT2D eigenvalue weighted by Crippen LogP contribution is -2.41. The first-order chi connectivity index (χ1) is 21.2. The number of hydrogen-bond donors (Lipinski definition) is 0. The molecule has 1 aliphatic heterocycles. The van der Waals surface area contributed by atoms with Crippen LogP contribution in [-0.4, -0.2) is 47.2 Å². The smallest absolute Gasteiger partial charge is 0.419 e. The Morgan fingerprint density at radius 3 is 2.07 bits per heavy atom. The van der Waals surface area contributed by atoms with E-state index < -0.39 is 26.0 Å². The number of unbranched alkanes of at least 4 members (excludes halogenated alkanes) is 1. The summed E-state index contributed by atoms with van der Waals surface area (Å²) in [5.74, 6) is -0.672. The molecule has 0 bridgehead atoms. The molecule has 3 aromatic carbocycles. The Bertz CT molecular complexity index is 1440. The van der Waals surface area contributed by atoms with Crippen molar-refractivity contribution < 1.29 is 31.9 Å². The second-order valence-electron chi connectivity index (χ2n) is 13.1. The van der Waals surface area contributed by atoms with Crippen LogP contribution in [0.1, 0.15) is 69.3 Å². The van der Waals surface area contributed by atoms with Crippen LogP contribution in [0, 0.1) is 0 Å².